The Hall–Kier alpha value is 1.35. The quantitative estimate of drug-likeness (QED) is 0.209. The Labute approximate surface area is 416 Å². The molecule has 0 N–H and O–H groups in total. The minimum absolute atomic E-state index is 0.252. The molecule has 15 rings (SSSR count). The van der Waals surface area contributed by atoms with E-state index in [1.165, 1.54) is 0 Å². The zero-order valence-corrected chi connectivity index (χ0v) is 45.9. The van der Waals surface area contributed by atoms with Gasteiger partial charge in [0.25, 0.3) is 0 Å². The van der Waals surface area contributed by atoms with Gasteiger partial charge >= 0.3 is 0 Å². The van der Waals surface area contributed by atoms with Gasteiger partial charge in [0, 0.05) is 71.1 Å². The van der Waals surface area contributed by atoms with Gasteiger partial charge in [0.2, 0.25) is 0 Å². The Morgan fingerprint density at radius 2 is 0.277 bits per heavy atom. The molecule has 380 valence electrons. The number of hydrogen-bond acceptors (Lipinski definition) is 15. The largest absolute Gasteiger partial charge is 0.381 e. The Morgan fingerprint density at radius 1 is 0.185 bits per heavy atom. The SMILES string of the molecule is COC1C[C@H]2CSC[C@H]3CC(OC)[C@@H](CSC[C@H]4CC(OC)[C@@H](CSC[C@H]5CC(OC)[C@@H](CSC[C@H]6CC(OC)[C@@H](CSC[C@@H]1CC2OC)CC6OC)CC5OC)CC4OC)CC3OC. The topological polar surface area (TPSA) is 92.3 Å². The van der Waals surface area contributed by atoms with Crippen molar-refractivity contribution in [2.45, 2.75) is 125 Å². The van der Waals surface area contributed by atoms with E-state index in [4.69, 9.17) is 47.4 Å². The van der Waals surface area contributed by atoms with Crippen molar-refractivity contribution < 1.29 is 47.4 Å². The molecule has 0 spiro atoms. The van der Waals surface area contributed by atoms with Gasteiger partial charge in [-0.2, -0.15) is 58.8 Å². The highest BCUT2D eigenvalue weighted by molar-refractivity contribution is 8.00. The minimum Gasteiger partial charge on any atom is -0.381 e. The normalized spacial score (nSPS) is 44.8. The van der Waals surface area contributed by atoms with Crippen LogP contribution in [-0.4, -0.2) is 190 Å². The molecule has 0 radical (unpaired) electrons. The molecule has 10 nitrogen and oxygen atoms in total. The van der Waals surface area contributed by atoms with Crippen LogP contribution >= 0.6 is 58.8 Å². The van der Waals surface area contributed by atoms with Crippen molar-refractivity contribution in [3.05, 3.63) is 0 Å². The molecule has 10 unspecified atom stereocenters. The molecule has 10 bridgehead atoms. The van der Waals surface area contributed by atoms with Crippen LogP contribution in [0, 0.1) is 59.2 Å². The van der Waals surface area contributed by atoms with Gasteiger partial charge in [-0.3, -0.25) is 0 Å². The van der Waals surface area contributed by atoms with Crippen molar-refractivity contribution in [1.82, 2.24) is 0 Å². The molecular weight excluding hydrogens is 921 g/mol. The molecule has 0 aromatic heterocycles. The van der Waals surface area contributed by atoms with Crippen molar-refractivity contribution in [2.24, 2.45) is 59.2 Å². The summed E-state index contributed by atoms with van der Waals surface area (Å²) in [4.78, 5) is 0. The van der Waals surface area contributed by atoms with Crippen molar-refractivity contribution in [2.75, 3.05) is 129 Å². The van der Waals surface area contributed by atoms with E-state index >= 15 is 0 Å². The number of hydrogen-bond donors (Lipinski definition) is 0. The third kappa shape index (κ3) is 15.2. The van der Waals surface area contributed by atoms with Crippen molar-refractivity contribution >= 4 is 58.8 Å². The van der Waals surface area contributed by atoms with E-state index in [9.17, 15) is 0 Å². The zero-order chi connectivity index (χ0) is 46.3. The van der Waals surface area contributed by atoms with Crippen LogP contribution in [0.2, 0.25) is 0 Å². The van der Waals surface area contributed by atoms with Gasteiger partial charge in [-0.15, -0.1) is 0 Å². The third-order valence-electron chi connectivity index (χ3n) is 17.0. The van der Waals surface area contributed by atoms with E-state index in [0.717, 1.165) is 122 Å². The molecule has 10 heterocycles. The maximum atomic E-state index is 6.26. The average Bonchev–Trinajstić information content (AvgIpc) is 3.34. The maximum absolute atomic E-state index is 6.26. The number of thioether (sulfide) groups is 5. The van der Waals surface area contributed by atoms with E-state index < -0.39 is 0 Å². The van der Waals surface area contributed by atoms with Gasteiger partial charge in [-0.1, -0.05) is 0 Å². The predicted molar refractivity (Wildman–Crippen MR) is 276 cm³/mol. The van der Waals surface area contributed by atoms with Gasteiger partial charge in [0.05, 0.1) is 61.0 Å². The van der Waals surface area contributed by atoms with Crippen molar-refractivity contribution in [3.8, 4) is 0 Å². The first kappa shape index (κ1) is 55.7. The molecule has 15 aliphatic rings. The summed E-state index contributed by atoms with van der Waals surface area (Å²) in [6.07, 6.45) is 13.0. The van der Waals surface area contributed by atoms with E-state index in [0.29, 0.717) is 59.2 Å². The Balaban J connectivity index is 1.14. The van der Waals surface area contributed by atoms with Gasteiger partial charge in [-0.05, 0) is 181 Å². The standard InChI is InChI=1S/C50H90O10S5/c1-51-41-11-32-22-62-24-34-14-46(56-6)36(16-45(34)55-5)26-64-28-38-18-50(60-10)40(20-49(38)59-9)30-65-29-39-19-47(57-7)37(17-48(39)58-8)27-63-25-35-15-43(53-3)33(13-44(35)54-4)23-61-21-31(41)12-42(32)52-2/h31-50H,11-30H2,1-10H3/t31-,32-,33-,34-,35-,36-,37-,38+,39-,40+,41?,42?,43?,44?,45?,46?,47?,48?,49?,50?/m1/s1. The van der Waals surface area contributed by atoms with Gasteiger partial charge in [0.1, 0.15) is 0 Å². The summed E-state index contributed by atoms with van der Waals surface area (Å²) >= 11 is 10.4. The third-order valence-corrected chi connectivity index (χ3v) is 23.6. The second kappa shape index (κ2) is 29.2. The molecule has 65 heavy (non-hydrogen) atoms. The van der Waals surface area contributed by atoms with Gasteiger partial charge < -0.3 is 47.4 Å². The summed E-state index contributed by atoms with van der Waals surface area (Å²) in [7, 11) is 19.2. The minimum atomic E-state index is 0.252. The van der Waals surface area contributed by atoms with Crippen LogP contribution in [-0.2, 0) is 47.4 Å². The highest BCUT2D eigenvalue weighted by atomic mass is 32.2. The highest BCUT2D eigenvalue weighted by Gasteiger charge is 2.44. The van der Waals surface area contributed by atoms with E-state index in [2.05, 4.69) is 58.8 Å². The van der Waals surface area contributed by atoms with Crippen LogP contribution in [0.25, 0.3) is 0 Å². The molecule has 0 aromatic carbocycles. The second-order valence-corrected chi connectivity index (χ2v) is 25.8. The molecule has 0 amide bonds. The molecular formula is C50H90O10S5. The number of methoxy groups -OCH3 is 10. The fraction of sp³-hybridized carbons (Fsp3) is 1.00. The lowest BCUT2D eigenvalue weighted by atomic mass is 9.79. The molecule has 5 aliphatic carbocycles. The summed E-state index contributed by atoms with van der Waals surface area (Å²) < 4.78 is 62.6. The monoisotopic (exact) mass is 1010 g/mol. The van der Waals surface area contributed by atoms with Crippen LogP contribution in [0.1, 0.15) is 64.2 Å². The fourth-order valence-corrected chi connectivity index (χ4v) is 20.1. The smallest absolute Gasteiger partial charge is 0.0612 e. The fourth-order valence-electron chi connectivity index (χ4n) is 12.9. The molecule has 0 aromatic rings. The average molecular weight is 1010 g/mol. The first-order chi connectivity index (χ1) is 31.7. The van der Waals surface area contributed by atoms with Crippen LogP contribution in [0.15, 0.2) is 0 Å². The van der Waals surface area contributed by atoms with E-state index in [-0.39, 0.29) is 61.0 Å². The van der Waals surface area contributed by atoms with Crippen LogP contribution in [0.5, 0.6) is 0 Å². The van der Waals surface area contributed by atoms with Gasteiger partial charge in [-0.25, -0.2) is 0 Å². The summed E-state index contributed by atoms with van der Waals surface area (Å²) in [6, 6.07) is 0. The molecule has 15 heteroatoms. The lowest BCUT2D eigenvalue weighted by Gasteiger charge is -2.42. The van der Waals surface area contributed by atoms with Crippen LogP contribution in [0.4, 0.5) is 0 Å². The lowest BCUT2D eigenvalue weighted by molar-refractivity contribution is -0.0572. The molecule has 10 saturated heterocycles. The summed E-state index contributed by atoms with van der Waals surface area (Å²) in [5, 5.41) is 0. The van der Waals surface area contributed by atoms with Crippen molar-refractivity contribution in [3.63, 3.8) is 0 Å². The van der Waals surface area contributed by atoms with E-state index in [1.54, 1.807) is 0 Å². The number of rotatable bonds is 10. The molecule has 15 fully saturated rings. The zero-order valence-electron chi connectivity index (χ0n) is 41.8. The highest BCUT2D eigenvalue weighted by Crippen LogP contribution is 2.44. The van der Waals surface area contributed by atoms with Crippen molar-refractivity contribution in [1.29, 1.82) is 0 Å². The summed E-state index contributed by atoms with van der Waals surface area (Å²) in [6.45, 7) is 0. The van der Waals surface area contributed by atoms with Crippen LogP contribution < -0.4 is 0 Å². The molecule has 5 saturated carbocycles. The first-order valence-corrected chi connectivity index (χ1v) is 30.7. The second-order valence-electron chi connectivity index (χ2n) is 20.4. The lowest BCUT2D eigenvalue weighted by Crippen LogP contribution is -2.44. The van der Waals surface area contributed by atoms with Gasteiger partial charge in [0.15, 0.2) is 0 Å². The first-order valence-electron chi connectivity index (χ1n) is 24.9. The predicted octanol–water partition coefficient (Wildman–Crippen LogP) is 8.95. The van der Waals surface area contributed by atoms with E-state index in [1.807, 2.05) is 71.1 Å². The molecule has 20 atom stereocenters. The number of ether oxygens (including phenoxy) is 10. The maximum Gasteiger partial charge on any atom is 0.0612 e. The van der Waals surface area contributed by atoms with Crippen LogP contribution in [0.3, 0.4) is 0 Å². The summed E-state index contributed by atoms with van der Waals surface area (Å²) in [5.74, 6) is 15.6. The summed E-state index contributed by atoms with van der Waals surface area (Å²) in [5.41, 5.74) is 0. The Kier molecular flexibility index (Phi) is 25.0. The Bertz CT molecular complexity index is 1000. The Morgan fingerprint density at radius 3 is 0.354 bits per heavy atom. The molecule has 10 aliphatic heterocycles.